The average molecular weight is 731 g/mol. The Bertz CT molecular complexity index is 1160. The summed E-state index contributed by atoms with van der Waals surface area (Å²) in [4.78, 5) is 38.7. The molecule has 0 aromatic carbocycles. The van der Waals surface area contributed by atoms with Crippen LogP contribution in [0, 0.1) is 5.41 Å². The van der Waals surface area contributed by atoms with E-state index in [-0.39, 0.29) is 36.4 Å². The lowest BCUT2D eigenvalue weighted by molar-refractivity contribution is -0.192. The van der Waals surface area contributed by atoms with Gasteiger partial charge in [0.05, 0.1) is 30.3 Å². The first kappa shape index (κ1) is 43.6. The van der Waals surface area contributed by atoms with E-state index in [1.165, 1.54) is 6.20 Å². The average Bonchev–Trinajstić information content (AvgIpc) is 3.44. The van der Waals surface area contributed by atoms with Crippen LogP contribution in [0.15, 0.2) is 18.3 Å². The van der Waals surface area contributed by atoms with Crippen molar-refractivity contribution in [2.24, 2.45) is 5.41 Å². The molecule has 49 heavy (non-hydrogen) atoms. The molecule has 1 aromatic rings. The molecule has 3 heterocycles. The minimum absolute atomic E-state index is 0.00517. The molecule has 3 fully saturated rings. The Labute approximate surface area is 275 Å². The van der Waals surface area contributed by atoms with E-state index in [1.54, 1.807) is 19.1 Å². The van der Waals surface area contributed by atoms with Crippen molar-refractivity contribution >= 4 is 24.2 Å². The van der Waals surface area contributed by atoms with Gasteiger partial charge in [0.1, 0.15) is 5.82 Å². The molecule has 2 unspecified atom stereocenters. The van der Waals surface area contributed by atoms with Crippen LogP contribution in [-0.2, 0) is 34.8 Å². The molecule has 12 nitrogen and oxygen atoms in total. The maximum Gasteiger partial charge on any atom is 0.490 e. The molecule has 4 atom stereocenters. The summed E-state index contributed by atoms with van der Waals surface area (Å²) in [6.45, 7) is -0.574. The van der Waals surface area contributed by atoms with Crippen molar-refractivity contribution in [2.75, 3.05) is 65.1 Å². The highest BCUT2D eigenvalue weighted by molar-refractivity contribution is 5.83. The lowest BCUT2D eigenvalue weighted by Crippen LogP contribution is -2.55. The second kappa shape index (κ2) is 20.3. The number of halogens is 9. The number of ether oxygens (including phenoxy) is 3. The zero-order chi connectivity index (χ0) is 37.4. The fourth-order valence-electron chi connectivity index (χ4n) is 5.61. The highest BCUT2D eigenvalue weighted by atomic mass is 19.4. The third kappa shape index (κ3) is 14.5. The number of nitrogens with zero attached hydrogens (tertiary/aromatic N) is 3. The van der Waals surface area contributed by atoms with Gasteiger partial charge in [-0.15, -0.1) is 0 Å². The minimum atomic E-state index is -5.08. The van der Waals surface area contributed by atoms with Crippen molar-refractivity contribution in [3.63, 3.8) is 0 Å². The molecule has 0 bridgehead atoms. The van der Waals surface area contributed by atoms with Gasteiger partial charge in [0.2, 0.25) is 5.91 Å². The topological polar surface area (TPSA) is 151 Å². The molecule has 282 valence electrons. The van der Waals surface area contributed by atoms with Crippen LogP contribution >= 0.6 is 0 Å². The fraction of sp³-hybridized carbons (Fsp3) is 0.714. The van der Waals surface area contributed by atoms with E-state index in [4.69, 9.17) is 34.0 Å². The van der Waals surface area contributed by atoms with Crippen molar-refractivity contribution in [3.8, 4) is 0 Å². The zero-order valence-electron chi connectivity index (χ0n) is 26.5. The molecule has 4 rings (SSSR count). The van der Waals surface area contributed by atoms with Crippen molar-refractivity contribution in [3.05, 3.63) is 23.9 Å². The van der Waals surface area contributed by atoms with Crippen LogP contribution in [0.25, 0.3) is 0 Å². The molecular weight excluding hydrogens is 691 g/mol. The number of piperazine rings is 1. The lowest BCUT2D eigenvalue weighted by atomic mass is 9.84. The van der Waals surface area contributed by atoms with Crippen LogP contribution in [0.2, 0.25) is 0 Å². The first-order chi connectivity index (χ1) is 22.8. The number of amides is 1. The molecule has 1 saturated carbocycles. The van der Waals surface area contributed by atoms with E-state index >= 15 is 0 Å². The number of carboxylic acids is 1. The number of aliphatic carboxylic acids is 1. The second-order valence-corrected chi connectivity index (χ2v) is 10.9. The van der Waals surface area contributed by atoms with E-state index < -0.39 is 36.0 Å². The number of anilines is 1. The summed E-state index contributed by atoms with van der Waals surface area (Å²) in [5, 5.41) is 17.7. The number of carbonyl (C=O) groups excluding carboxylic acids is 1. The van der Waals surface area contributed by atoms with Crippen LogP contribution in [0.4, 0.5) is 45.3 Å². The Morgan fingerprint density at radius 3 is 2.18 bits per heavy atom. The summed E-state index contributed by atoms with van der Waals surface area (Å²) in [6.07, 6.45) is -5.17. The Morgan fingerprint density at radius 1 is 1.12 bits per heavy atom. The fourth-order valence-corrected chi connectivity index (χ4v) is 5.61. The highest BCUT2D eigenvalue weighted by Crippen LogP contribution is 2.41. The quantitative estimate of drug-likeness (QED) is 0.278. The molecule has 0 radical (unpaired) electrons. The van der Waals surface area contributed by atoms with Crippen LogP contribution in [0.3, 0.4) is 0 Å². The van der Waals surface area contributed by atoms with Crippen LogP contribution < -0.4 is 10.2 Å². The molecule has 3 aliphatic rings. The van der Waals surface area contributed by atoms with Crippen LogP contribution in [-0.4, -0.2) is 130 Å². The summed E-state index contributed by atoms with van der Waals surface area (Å²) < 4.78 is 117. The first-order valence-electron chi connectivity index (χ1n) is 14.6. The van der Waals surface area contributed by atoms with E-state index in [2.05, 4.69) is 10.3 Å². The number of pyridine rings is 1. The Balaban J connectivity index is 0.000000727. The van der Waals surface area contributed by atoms with E-state index in [0.29, 0.717) is 52.4 Å². The standard InChI is InChI=1S/C24H35F3N4O4.C2HF3O2.CHF3.CH2O2/c1-33-16-23(6-3-18(14-23)29-19-5-12-35-15-20(19)34-2)22(32)31-10-8-30(9-11-31)21-13-17(4-7-28-21)24(25,26)27;3-2(4,5)1(6)7;2-1(3)4;2-1-3/h4,7,13,18-20,29H,3,5-6,8-12,14-16H2,1-2H3;(H,6,7);1H;1H,(H,2,3)/t18-,19?,20?,23+;;;/m1.../s1. The number of nitrogens with one attached hydrogen (secondary N) is 1. The van der Waals surface area contributed by atoms with Gasteiger partial charge in [-0.25, -0.2) is 9.78 Å². The van der Waals surface area contributed by atoms with Crippen molar-refractivity contribution < 1.29 is 78.3 Å². The third-order valence-electron chi connectivity index (χ3n) is 7.75. The van der Waals surface area contributed by atoms with Crippen molar-refractivity contribution in [2.45, 2.75) is 62.9 Å². The van der Waals surface area contributed by atoms with Gasteiger partial charge in [0.15, 0.2) is 0 Å². The molecular formula is C28H39F9N4O8. The van der Waals surface area contributed by atoms with Gasteiger partial charge in [-0.1, -0.05) is 0 Å². The first-order valence-corrected chi connectivity index (χ1v) is 14.6. The number of carboxylic acid groups (broad SMARTS) is 2. The maximum atomic E-state index is 13.7. The molecule has 3 N–H and O–H groups in total. The number of methoxy groups -OCH3 is 2. The number of carbonyl (C=O) groups is 3. The summed E-state index contributed by atoms with van der Waals surface area (Å²) in [7, 11) is 3.31. The predicted octanol–water partition coefficient (Wildman–Crippen LogP) is 3.84. The number of hydrogen-bond acceptors (Lipinski definition) is 9. The highest BCUT2D eigenvalue weighted by Gasteiger charge is 2.48. The molecule has 1 aromatic heterocycles. The molecule has 21 heteroatoms. The van der Waals surface area contributed by atoms with Gasteiger partial charge in [-0.3, -0.25) is 9.59 Å². The summed E-state index contributed by atoms with van der Waals surface area (Å²) in [5.74, 6) is -2.41. The minimum Gasteiger partial charge on any atom is -0.483 e. The largest absolute Gasteiger partial charge is 0.490 e. The van der Waals surface area contributed by atoms with Gasteiger partial charge in [0.25, 0.3) is 6.47 Å². The van der Waals surface area contributed by atoms with Crippen molar-refractivity contribution in [1.29, 1.82) is 0 Å². The number of aromatic nitrogens is 1. The molecule has 2 saturated heterocycles. The second-order valence-electron chi connectivity index (χ2n) is 10.9. The number of alkyl halides is 9. The molecule has 2 aliphatic heterocycles. The maximum absolute atomic E-state index is 13.7. The van der Waals surface area contributed by atoms with E-state index in [0.717, 1.165) is 31.4 Å². The van der Waals surface area contributed by atoms with Crippen molar-refractivity contribution in [1.82, 2.24) is 15.2 Å². The summed E-state index contributed by atoms with van der Waals surface area (Å²) in [5.41, 5.74) is -1.32. The third-order valence-corrected chi connectivity index (χ3v) is 7.75. The smallest absolute Gasteiger partial charge is 0.483 e. The van der Waals surface area contributed by atoms with Crippen LogP contribution in [0.5, 0.6) is 0 Å². The SMILES string of the molecule is COC[C@]1(C(=O)N2CCN(c3cc(C(F)(F)F)ccn3)CC2)CC[C@@H](NC2CCOCC2OC)C1.FC(F)F.O=C(O)C(F)(F)F.O=CO. The van der Waals surface area contributed by atoms with Gasteiger partial charge in [-0.05, 0) is 37.8 Å². The van der Waals surface area contributed by atoms with Gasteiger partial charge < -0.3 is 39.5 Å². The number of hydrogen-bond donors (Lipinski definition) is 3. The van der Waals surface area contributed by atoms with Gasteiger partial charge in [0, 0.05) is 65.3 Å². The Kier molecular flexibility index (Phi) is 18.1. The Hall–Kier alpha value is -3.43. The number of rotatable bonds is 7. The molecule has 1 aliphatic carbocycles. The molecule has 1 amide bonds. The molecule has 0 spiro atoms. The van der Waals surface area contributed by atoms with E-state index in [9.17, 15) is 44.3 Å². The Morgan fingerprint density at radius 2 is 1.69 bits per heavy atom. The lowest BCUT2D eigenvalue weighted by Gasteiger charge is -2.40. The normalized spacial score (nSPS) is 24.0. The summed E-state index contributed by atoms with van der Waals surface area (Å²) >= 11 is 0. The monoisotopic (exact) mass is 730 g/mol. The van der Waals surface area contributed by atoms with Crippen LogP contribution in [0.1, 0.15) is 31.2 Å². The predicted molar refractivity (Wildman–Crippen MR) is 153 cm³/mol. The van der Waals surface area contributed by atoms with Gasteiger partial charge in [-0.2, -0.15) is 39.5 Å². The van der Waals surface area contributed by atoms with Gasteiger partial charge >= 0.3 is 25.0 Å². The summed E-state index contributed by atoms with van der Waals surface area (Å²) in [6, 6.07) is 2.42. The zero-order valence-corrected chi connectivity index (χ0v) is 26.5. The van der Waals surface area contributed by atoms with E-state index in [1.807, 2.05) is 4.90 Å².